The summed E-state index contributed by atoms with van der Waals surface area (Å²) in [5.74, 6) is 0.684. The van der Waals surface area contributed by atoms with Gasteiger partial charge in [-0.05, 0) is 24.1 Å². The molecule has 5 nitrogen and oxygen atoms in total. The molecule has 0 aliphatic rings. The summed E-state index contributed by atoms with van der Waals surface area (Å²) >= 11 is 0. The molecule has 0 spiro atoms. The number of amides is 1. The van der Waals surface area contributed by atoms with Crippen molar-refractivity contribution in [2.24, 2.45) is 11.5 Å². The lowest BCUT2D eigenvalue weighted by molar-refractivity contribution is -0.119. The van der Waals surface area contributed by atoms with E-state index in [2.05, 4.69) is 6.92 Å². The van der Waals surface area contributed by atoms with Gasteiger partial charge in [0, 0.05) is 6.54 Å². The van der Waals surface area contributed by atoms with Gasteiger partial charge in [-0.2, -0.15) is 0 Å². The normalized spacial score (nSPS) is 12.0. The third-order valence-corrected chi connectivity index (χ3v) is 5.66. The van der Waals surface area contributed by atoms with Gasteiger partial charge in [-0.15, -0.1) is 0 Å². The van der Waals surface area contributed by atoms with Crippen molar-refractivity contribution in [1.29, 1.82) is 0 Å². The molecule has 0 heterocycles. The second kappa shape index (κ2) is 17.0. The van der Waals surface area contributed by atoms with Crippen molar-refractivity contribution >= 4 is 5.91 Å². The molecular weight excluding hydrogens is 376 g/mol. The molecule has 0 fully saturated rings. The molecule has 0 saturated carbocycles. The number of hydrogen-bond donors (Lipinski definition) is 2. The molecule has 1 amide bonds. The summed E-state index contributed by atoms with van der Waals surface area (Å²) < 4.78 is 11.0. The van der Waals surface area contributed by atoms with E-state index in [4.69, 9.17) is 20.9 Å². The molecular formula is C25H44N2O3. The van der Waals surface area contributed by atoms with Crippen molar-refractivity contribution in [3.05, 3.63) is 23.8 Å². The highest BCUT2D eigenvalue weighted by Gasteiger charge is 2.19. The van der Waals surface area contributed by atoms with Gasteiger partial charge in [0.05, 0.1) is 13.0 Å². The molecule has 1 aromatic carbocycles. The molecule has 1 atom stereocenters. The number of nitrogens with two attached hydrogens (primary N) is 2. The highest BCUT2D eigenvalue weighted by atomic mass is 16.5. The largest absolute Gasteiger partial charge is 0.493 e. The topological polar surface area (TPSA) is 87.6 Å². The van der Waals surface area contributed by atoms with Crippen molar-refractivity contribution in [3.8, 4) is 11.5 Å². The average Bonchev–Trinajstić information content (AvgIpc) is 2.75. The summed E-state index contributed by atoms with van der Waals surface area (Å²) in [6.45, 7) is 3.12. The standard InChI is InChI=1S/C25H44N2O3/c1-3-4-5-6-7-8-9-10-11-12-13-14-15-22(25(27)28)21-16-17-23(30-19-18-26)24(20-21)29-2/h16-17,20,22H,3-15,18-19,26H2,1-2H3,(H2,27,28). The maximum atomic E-state index is 12.0. The van der Waals surface area contributed by atoms with E-state index >= 15 is 0 Å². The lowest BCUT2D eigenvalue weighted by atomic mass is 9.92. The Hall–Kier alpha value is -1.75. The first-order valence-corrected chi connectivity index (χ1v) is 11.9. The van der Waals surface area contributed by atoms with Crippen molar-refractivity contribution in [3.63, 3.8) is 0 Å². The van der Waals surface area contributed by atoms with Crippen LogP contribution in [0.25, 0.3) is 0 Å². The number of rotatable bonds is 19. The molecule has 172 valence electrons. The number of benzene rings is 1. The fourth-order valence-corrected chi connectivity index (χ4v) is 3.85. The van der Waals surface area contributed by atoms with Crippen LogP contribution in [0.4, 0.5) is 0 Å². The van der Waals surface area contributed by atoms with E-state index in [9.17, 15) is 4.79 Å². The van der Waals surface area contributed by atoms with E-state index in [1.54, 1.807) is 7.11 Å². The fourth-order valence-electron chi connectivity index (χ4n) is 3.85. The van der Waals surface area contributed by atoms with Gasteiger partial charge in [0.1, 0.15) is 6.61 Å². The summed E-state index contributed by atoms with van der Waals surface area (Å²) in [7, 11) is 1.60. The Morgan fingerprint density at radius 2 is 1.47 bits per heavy atom. The highest BCUT2D eigenvalue weighted by molar-refractivity contribution is 5.82. The zero-order chi connectivity index (χ0) is 22.0. The van der Waals surface area contributed by atoms with E-state index < -0.39 is 0 Å². The van der Waals surface area contributed by atoms with Gasteiger partial charge >= 0.3 is 0 Å². The lowest BCUT2D eigenvalue weighted by Crippen LogP contribution is -2.21. The van der Waals surface area contributed by atoms with E-state index in [0.717, 1.165) is 24.8 Å². The van der Waals surface area contributed by atoms with Gasteiger partial charge in [-0.1, -0.05) is 90.0 Å². The molecule has 1 unspecified atom stereocenters. The highest BCUT2D eigenvalue weighted by Crippen LogP contribution is 2.32. The van der Waals surface area contributed by atoms with Gasteiger partial charge < -0.3 is 20.9 Å². The van der Waals surface area contributed by atoms with E-state index in [1.807, 2.05) is 18.2 Å². The van der Waals surface area contributed by atoms with Crippen LogP contribution < -0.4 is 20.9 Å². The van der Waals surface area contributed by atoms with Crippen LogP contribution in [0.1, 0.15) is 102 Å². The number of carbonyl (C=O) groups is 1. The van der Waals surface area contributed by atoms with Gasteiger partial charge in [-0.3, -0.25) is 4.79 Å². The number of carbonyl (C=O) groups excluding carboxylic acids is 1. The summed E-state index contributed by atoms with van der Waals surface area (Å²) in [6.07, 6.45) is 16.4. The molecule has 0 aliphatic heterocycles. The third-order valence-electron chi connectivity index (χ3n) is 5.66. The van der Waals surface area contributed by atoms with Crippen LogP contribution in [0.15, 0.2) is 18.2 Å². The molecule has 1 rings (SSSR count). The maximum absolute atomic E-state index is 12.0. The van der Waals surface area contributed by atoms with Crippen LogP contribution >= 0.6 is 0 Å². The van der Waals surface area contributed by atoms with Crippen LogP contribution in [0.3, 0.4) is 0 Å². The van der Waals surface area contributed by atoms with Crippen molar-refractivity contribution in [1.82, 2.24) is 0 Å². The first-order valence-electron chi connectivity index (χ1n) is 11.9. The van der Waals surface area contributed by atoms with Crippen molar-refractivity contribution < 1.29 is 14.3 Å². The van der Waals surface area contributed by atoms with E-state index in [-0.39, 0.29) is 11.8 Å². The second-order valence-electron chi connectivity index (χ2n) is 8.18. The average molecular weight is 421 g/mol. The fraction of sp³-hybridized carbons (Fsp3) is 0.720. The van der Waals surface area contributed by atoms with Crippen LogP contribution in [-0.2, 0) is 4.79 Å². The quantitative estimate of drug-likeness (QED) is 0.281. The van der Waals surface area contributed by atoms with Crippen LogP contribution in [0, 0.1) is 0 Å². The third kappa shape index (κ3) is 10.9. The Morgan fingerprint density at radius 3 is 1.97 bits per heavy atom. The summed E-state index contributed by atoms with van der Waals surface area (Å²) in [6, 6.07) is 5.61. The number of ether oxygens (including phenoxy) is 2. The molecule has 30 heavy (non-hydrogen) atoms. The Bertz CT molecular complexity index is 578. The predicted molar refractivity (Wildman–Crippen MR) is 125 cm³/mol. The Labute approximate surface area is 183 Å². The first-order chi connectivity index (χ1) is 14.6. The lowest BCUT2D eigenvalue weighted by Gasteiger charge is -2.17. The van der Waals surface area contributed by atoms with E-state index in [1.165, 1.54) is 64.2 Å². The molecule has 0 saturated heterocycles. The molecule has 0 bridgehead atoms. The van der Waals surface area contributed by atoms with Gasteiger partial charge in [-0.25, -0.2) is 0 Å². The minimum absolute atomic E-state index is 0.282. The molecule has 5 heteroatoms. The Balaban J connectivity index is 2.30. The Morgan fingerprint density at radius 1 is 0.900 bits per heavy atom. The monoisotopic (exact) mass is 420 g/mol. The zero-order valence-corrected chi connectivity index (χ0v) is 19.3. The summed E-state index contributed by atoms with van der Waals surface area (Å²) in [4.78, 5) is 12.0. The summed E-state index contributed by atoms with van der Waals surface area (Å²) in [5.41, 5.74) is 12.1. The number of hydrogen-bond acceptors (Lipinski definition) is 4. The van der Waals surface area contributed by atoms with Crippen molar-refractivity contribution in [2.45, 2.75) is 96.3 Å². The predicted octanol–water partition coefficient (Wildman–Crippen LogP) is 5.69. The second-order valence-corrected chi connectivity index (χ2v) is 8.18. The SMILES string of the molecule is CCCCCCCCCCCCCCC(C(N)=O)c1ccc(OCCN)c(OC)c1. The van der Waals surface area contributed by atoms with Crippen LogP contribution in [0.2, 0.25) is 0 Å². The van der Waals surface area contributed by atoms with E-state index in [0.29, 0.717) is 24.7 Å². The molecule has 0 radical (unpaired) electrons. The maximum Gasteiger partial charge on any atom is 0.224 e. The Kier molecular flexibility index (Phi) is 14.9. The van der Waals surface area contributed by atoms with Crippen LogP contribution in [-0.4, -0.2) is 26.2 Å². The minimum atomic E-state index is -0.287. The summed E-state index contributed by atoms with van der Waals surface area (Å²) in [5, 5.41) is 0. The molecule has 0 aliphatic carbocycles. The van der Waals surface area contributed by atoms with Crippen LogP contribution in [0.5, 0.6) is 11.5 Å². The minimum Gasteiger partial charge on any atom is -0.493 e. The smallest absolute Gasteiger partial charge is 0.224 e. The number of methoxy groups -OCH3 is 1. The molecule has 4 N–H and O–H groups in total. The molecule has 1 aromatic rings. The molecule has 0 aromatic heterocycles. The first kappa shape index (κ1) is 26.3. The zero-order valence-electron chi connectivity index (χ0n) is 19.3. The van der Waals surface area contributed by atoms with Gasteiger partial charge in [0.25, 0.3) is 0 Å². The van der Waals surface area contributed by atoms with Crippen molar-refractivity contribution in [2.75, 3.05) is 20.3 Å². The number of primary amides is 1. The number of unbranched alkanes of at least 4 members (excludes halogenated alkanes) is 11. The van der Waals surface area contributed by atoms with Gasteiger partial charge in [0.2, 0.25) is 5.91 Å². The van der Waals surface area contributed by atoms with Gasteiger partial charge in [0.15, 0.2) is 11.5 Å².